The molecule has 0 radical (unpaired) electrons. The van der Waals surface area contributed by atoms with Crippen molar-refractivity contribution < 1.29 is 78.0 Å². The first kappa shape index (κ1) is 58.1. The molecule has 2 aliphatic heterocycles. The van der Waals surface area contributed by atoms with E-state index in [0.717, 1.165) is 6.92 Å². The summed E-state index contributed by atoms with van der Waals surface area (Å²) in [6.45, 7) is 8.14. The molecule has 28 nitrogen and oxygen atoms in total. The number of aliphatic carboxylic acids is 3. The average molecular weight is 1010 g/mol. The molecule has 2 fully saturated rings. The van der Waals surface area contributed by atoms with Crippen molar-refractivity contribution in [1.82, 2.24) is 57.0 Å². The minimum absolute atomic E-state index is 0.0125. The number of carboxylic acid groups (broad SMARTS) is 3. The monoisotopic (exact) mass is 1010 g/mol. The van der Waals surface area contributed by atoms with E-state index in [-0.39, 0.29) is 32.4 Å². The van der Waals surface area contributed by atoms with E-state index in [1.807, 2.05) is 0 Å². The van der Waals surface area contributed by atoms with Gasteiger partial charge in [-0.1, -0.05) is 27.7 Å². The van der Waals surface area contributed by atoms with Crippen molar-refractivity contribution in [2.75, 3.05) is 19.6 Å². The van der Waals surface area contributed by atoms with Gasteiger partial charge in [-0.2, -0.15) is 0 Å². The fourth-order valence-electron chi connectivity index (χ4n) is 7.83. The molecule has 0 saturated carbocycles. The number of imidazole rings is 1. The lowest BCUT2D eigenvalue weighted by atomic mass is 9.98. The van der Waals surface area contributed by atoms with E-state index in [1.165, 1.54) is 29.2 Å². The Balaban J connectivity index is 1.69. The van der Waals surface area contributed by atoms with E-state index >= 15 is 0 Å². The molecule has 10 atom stereocenters. The van der Waals surface area contributed by atoms with Crippen LogP contribution in [-0.2, 0) is 64.0 Å². The van der Waals surface area contributed by atoms with Crippen LogP contribution in [0.4, 0.5) is 0 Å². The smallest absolute Gasteiger partial charge is 0.325 e. The summed E-state index contributed by atoms with van der Waals surface area (Å²) in [4.78, 5) is 164. The quantitative estimate of drug-likeness (QED) is 0.0413. The third kappa shape index (κ3) is 17.0. The number of nitrogens with one attached hydrogen (secondary N) is 8. The molecule has 9 amide bonds. The zero-order valence-electron chi connectivity index (χ0n) is 40.3. The highest BCUT2D eigenvalue weighted by atomic mass is 16.4. The number of aliphatic hydroxyl groups excluding tert-OH is 1. The van der Waals surface area contributed by atoms with Crippen LogP contribution < -0.4 is 43.0 Å². The van der Waals surface area contributed by atoms with E-state index in [2.05, 4.69) is 47.2 Å². The topological polar surface area (TPSA) is 431 Å². The van der Waals surface area contributed by atoms with Gasteiger partial charge in [0.2, 0.25) is 53.2 Å². The van der Waals surface area contributed by atoms with E-state index in [9.17, 15) is 72.9 Å². The summed E-state index contributed by atoms with van der Waals surface area (Å²) < 4.78 is 0. The molecule has 1 aromatic heterocycles. The van der Waals surface area contributed by atoms with Crippen LogP contribution in [0.15, 0.2) is 12.5 Å². The number of H-pyrrole nitrogens is 1. The average Bonchev–Trinajstić information content (AvgIpc) is 4.10. The third-order valence-electron chi connectivity index (χ3n) is 11.7. The lowest BCUT2D eigenvalue weighted by molar-refractivity contribution is -0.148. The zero-order valence-corrected chi connectivity index (χ0v) is 40.3. The normalized spacial score (nSPS) is 18.9. The first-order valence-electron chi connectivity index (χ1n) is 23.0. The molecule has 3 rings (SSSR count). The summed E-state index contributed by atoms with van der Waals surface area (Å²) in [5.41, 5.74) is 6.46. The van der Waals surface area contributed by atoms with E-state index in [1.54, 1.807) is 27.7 Å². The van der Waals surface area contributed by atoms with Gasteiger partial charge < -0.3 is 78.2 Å². The Morgan fingerprint density at radius 3 is 1.73 bits per heavy atom. The van der Waals surface area contributed by atoms with E-state index in [0.29, 0.717) is 18.5 Å². The van der Waals surface area contributed by atoms with Gasteiger partial charge in [0.1, 0.15) is 48.3 Å². The summed E-state index contributed by atoms with van der Waals surface area (Å²) >= 11 is 0. The molecule has 0 aliphatic carbocycles. The van der Waals surface area contributed by atoms with Crippen molar-refractivity contribution in [1.29, 1.82) is 0 Å². The molecule has 71 heavy (non-hydrogen) atoms. The molecular weight excluding hydrogens is 941 g/mol. The molecule has 3 heterocycles. The number of likely N-dealkylation sites (tertiary alicyclic amines) is 2. The highest BCUT2D eigenvalue weighted by molar-refractivity contribution is 5.99. The van der Waals surface area contributed by atoms with Crippen molar-refractivity contribution in [3.8, 4) is 0 Å². The number of amides is 9. The lowest BCUT2D eigenvalue weighted by Gasteiger charge is -2.34. The van der Waals surface area contributed by atoms with Gasteiger partial charge in [0.25, 0.3) is 0 Å². The summed E-state index contributed by atoms with van der Waals surface area (Å²) in [6.07, 6.45) is 0.494. The molecule has 2 saturated heterocycles. The van der Waals surface area contributed by atoms with Gasteiger partial charge in [-0.3, -0.25) is 57.5 Å². The molecule has 14 N–H and O–H groups in total. The molecule has 0 spiro atoms. The van der Waals surface area contributed by atoms with Crippen LogP contribution in [0, 0.1) is 11.8 Å². The van der Waals surface area contributed by atoms with Gasteiger partial charge in [-0.05, 0) is 51.4 Å². The second-order valence-electron chi connectivity index (χ2n) is 18.1. The van der Waals surface area contributed by atoms with Crippen LogP contribution >= 0.6 is 0 Å². The molecule has 394 valence electrons. The Morgan fingerprint density at radius 2 is 1.20 bits per heavy atom. The minimum atomic E-state index is -1.83. The Morgan fingerprint density at radius 1 is 0.676 bits per heavy atom. The fourth-order valence-corrected chi connectivity index (χ4v) is 7.83. The van der Waals surface area contributed by atoms with Gasteiger partial charge in [-0.15, -0.1) is 0 Å². The number of aliphatic hydroxyl groups is 1. The molecule has 0 aromatic carbocycles. The molecular formula is C43H66N12O16. The van der Waals surface area contributed by atoms with Crippen LogP contribution in [0.25, 0.3) is 0 Å². The van der Waals surface area contributed by atoms with Crippen LogP contribution in [0.1, 0.15) is 85.8 Å². The number of hydrogen-bond acceptors (Lipinski definition) is 15. The fraction of sp³-hybridized carbons (Fsp3) is 0.651. The number of rotatable bonds is 26. The second kappa shape index (κ2) is 26.7. The largest absolute Gasteiger partial charge is 0.481 e. The van der Waals surface area contributed by atoms with Gasteiger partial charge in [0.15, 0.2) is 0 Å². The maximum absolute atomic E-state index is 14.3. The standard InChI is InChI=1S/C43H66N12O16/c1-19(2)32(51-37(64)26(15-31(60)61)50-40(67)34(22(6)56)53-35(62)24(44)13-23-16-45-18-47-23)39(66)52-33(20(3)4)42(69)55-12-8-10-28(55)41(68)54-11-7-9-27(54)38(65)46-17-29(57)49-25(14-30(58)59)36(63)48-21(5)43(70)71/h16,18-22,24-28,32-34,56H,7-15,17,44H2,1-6H3,(H,45,47)(H,46,65)(H,48,63)(H,49,57)(H,50,67)(H,51,64)(H,52,66)(H,53,62)(H,58,59)(H,60,61)(H,70,71)/t21-,22+,24-,25-,26-,27-,28-,32-,33-,34-/m0/s1. The van der Waals surface area contributed by atoms with Crippen LogP contribution in [0.5, 0.6) is 0 Å². The summed E-state index contributed by atoms with van der Waals surface area (Å²) in [5.74, 6) is -13.7. The number of carboxylic acids is 3. The summed E-state index contributed by atoms with van der Waals surface area (Å²) in [5, 5.41) is 54.5. The van der Waals surface area contributed by atoms with Crippen molar-refractivity contribution >= 4 is 71.1 Å². The predicted octanol–water partition coefficient (Wildman–Crippen LogP) is -4.97. The van der Waals surface area contributed by atoms with Crippen LogP contribution in [0.2, 0.25) is 0 Å². The molecule has 1 aromatic rings. The number of aromatic nitrogens is 2. The van der Waals surface area contributed by atoms with E-state index in [4.69, 9.17) is 10.8 Å². The summed E-state index contributed by atoms with van der Waals surface area (Å²) in [7, 11) is 0. The summed E-state index contributed by atoms with van der Waals surface area (Å²) in [6, 6.07) is -12.6. The van der Waals surface area contributed by atoms with Crippen molar-refractivity contribution in [2.45, 2.75) is 147 Å². The number of aromatic amines is 1. The predicted molar refractivity (Wildman–Crippen MR) is 244 cm³/mol. The third-order valence-corrected chi connectivity index (χ3v) is 11.7. The highest BCUT2D eigenvalue weighted by Crippen LogP contribution is 2.26. The molecule has 0 unspecified atom stereocenters. The minimum Gasteiger partial charge on any atom is -0.481 e. The van der Waals surface area contributed by atoms with E-state index < -0.39 is 163 Å². The number of nitrogens with two attached hydrogens (primary N) is 1. The molecule has 0 bridgehead atoms. The lowest BCUT2D eigenvalue weighted by Crippen LogP contribution is -2.62. The Bertz CT molecular complexity index is 2140. The van der Waals surface area contributed by atoms with Crippen molar-refractivity contribution in [3.05, 3.63) is 18.2 Å². The Kier molecular flexibility index (Phi) is 21.8. The first-order chi connectivity index (χ1) is 33.2. The number of nitrogens with zero attached hydrogens (tertiary/aromatic N) is 3. The van der Waals surface area contributed by atoms with Gasteiger partial charge >= 0.3 is 17.9 Å². The number of hydrogen-bond donors (Lipinski definition) is 13. The SMILES string of the molecule is CC(C)[C@H](NC(=O)[C@H](CC(=O)O)NC(=O)[C@@H](NC(=O)[C@@H](N)Cc1cnc[nH]1)[C@@H](C)O)C(=O)N[C@H](C(=O)N1CCC[C@H]1C(=O)N1CCC[C@H]1C(=O)NCC(=O)N[C@@H](CC(=O)O)C(=O)N[C@@H](C)C(=O)O)C(C)C. The van der Waals surface area contributed by atoms with Crippen LogP contribution in [0.3, 0.4) is 0 Å². The van der Waals surface area contributed by atoms with Gasteiger partial charge in [-0.25, -0.2) is 4.98 Å². The van der Waals surface area contributed by atoms with Gasteiger partial charge in [0, 0.05) is 31.4 Å². The van der Waals surface area contributed by atoms with Crippen LogP contribution in [-0.4, -0.2) is 191 Å². The maximum atomic E-state index is 14.3. The van der Waals surface area contributed by atoms with Gasteiger partial charge in [0.05, 0.1) is 37.9 Å². The molecule has 2 aliphatic rings. The van der Waals surface area contributed by atoms with Crippen molar-refractivity contribution in [2.24, 2.45) is 17.6 Å². The molecule has 28 heteroatoms. The first-order valence-corrected chi connectivity index (χ1v) is 23.0. The Hall–Kier alpha value is -7.23. The maximum Gasteiger partial charge on any atom is 0.325 e. The zero-order chi connectivity index (χ0) is 53.4. The second-order valence-corrected chi connectivity index (χ2v) is 18.1. The number of carbonyl (C=O) groups is 12. The van der Waals surface area contributed by atoms with Crippen molar-refractivity contribution in [3.63, 3.8) is 0 Å². The number of carbonyl (C=O) groups excluding carboxylic acids is 9. The highest BCUT2D eigenvalue weighted by Gasteiger charge is 2.45. The Labute approximate surface area is 407 Å².